The Labute approximate surface area is 302 Å². The minimum absolute atomic E-state index is 0.0182. The number of ether oxygens (including phenoxy) is 9. The number of esters is 3. The highest BCUT2D eigenvalue weighted by molar-refractivity contribution is 5.67. The molecule has 13 heteroatoms. The summed E-state index contributed by atoms with van der Waals surface area (Å²) in [5, 5.41) is 11.4. The zero-order valence-electron chi connectivity index (χ0n) is 29.4. The topological polar surface area (TPSA) is 155 Å². The average Bonchev–Trinajstić information content (AvgIpc) is 3.13. The molecule has 2 aliphatic heterocycles. The number of carbonyl (C=O) groups excluding carboxylic acids is 3. The van der Waals surface area contributed by atoms with Gasteiger partial charge in [0.25, 0.3) is 0 Å². The molecule has 52 heavy (non-hydrogen) atoms. The molecule has 0 bridgehead atoms. The van der Waals surface area contributed by atoms with E-state index in [9.17, 15) is 19.5 Å². The molecule has 2 saturated heterocycles. The SMILES string of the molecule is CC(=O)OCC1OC(OCC2OC(O)C(OCc3ccccc3)C(OCc3ccccc3)C2OCc2ccccc2)CC(OC(C)=O)C1OC(C)=O. The average molecular weight is 723 g/mol. The first-order chi connectivity index (χ1) is 25.2. The van der Waals surface area contributed by atoms with E-state index < -0.39 is 73.2 Å². The van der Waals surface area contributed by atoms with Gasteiger partial charge in [0.15, 0.2) is 18.7 Å². The van der Waals surface area contributed by atoms with Crippen LogP contribution in [0.3, 0.4) is 0 Å². The molecule has 13 nitrogen and oxygen atoms in total. The van der Waals surface area contributed by atoms with Crippen molar-refractivity contribution in [3.05, 3.63) is 108 Å². The van der Waals surface area contributed by atoms with E-state index in [0.717, 1.165) is 16.7 Å². The molecule has 9 atom stereocenters. The Morgan fingerprint density at radius 3 is 1.56 bits per heavy atom. The van der Waals surface area contributed by atoms with E-state index in [1.807, 2.05) is 91.0 Å². The van der Waals surface area contributed by atoms with Crippen LogP contribution in [-0.2, 0) is 76.8 Å². The Bertz CT molecular complexity index is 1540. The molecule has 0 amide bonds. The fourth-order valence-corrected chi connectivity index (χ4v) is 6.10. The molecule has 0 aliphatic carbocycles. The molecule has 3 aromatic carbocycles. The summed E-state index contributed by atoms with van der Waals surface area (Å²) in [5.41, 5.74) is 2.71. The van der Waals surface area contributed by atoms with Crippen molar-refractivity contribution in [2.45, 2.75) is 102 Å². The number of benzene rings is 3. The molecule has 2 heterocycles. The smallest absolute Gasteiger partial charge is 0.303 e. The normalized spacial score (nSPS) is 27.3. The molecule has 2 aliphatic rings. The van der Waals surface area contributed by atoms with Crippen LogP contribution in [0.25, 0.3) is 0 Å². The van der Waals surface area contributed by atoms with Crippen molar-refractivity contribution in [2.24, 2.45) is 0 Å². The molecule has 3 aromatic rings. The van der Waals surface area contributed by atoms with Crippen molar-refractivity contribution in [3.8, 4) is 0 Å². The summed E-state index contributed by atoms with van der Waals surface area (Å²) in [6, 6.07) is 28.8. The standard InChI is InChI=1S/C39H46O13/c1-25(40)44-23-32-35(50-27(3)42)31(49-26(2)41)19-34(51-32)45-24-33-36(46-20-28-13-7-4-8-14-28)37(47-21-29-15-9-5-10-16-29)38(39(43)52-33)48-22-30-17-11-6-12-18-30/h4-18,31-39,43H,19-24H2,1-3H3. The maximum absolute atomic E-state index is 12.1. The zero-order chi connectivity index (χ0) is 36.9. The lowest BCUT2D eigenvalue weighted by molar-refractivity contribution is -0.328. The quantitative estimate of drug-likeness (QED) is 0.167. The second-order valence-corrected chi connectivity index (χ2v) is 12.5. The fraction of sp³-hybridized carbons (Fsp3) is 0.462. The second-order valence-electron chi connectivity index (χ2n) is 12.5. The lowest BCUT2D eigenvalue weighted by Gasteiger charge is -2.45. The van der Waals surface area contributed by atoms with Crippen LogP contribution in [0.15, 0.2) is 91.0 Å². The first-order valence-electron chi connectivity index (χ1n) is 17.2. The van der Waals surface area contributed by atoms with Crippen molar-refractivity contribution in [2.75, 3.05) is 13.2 Å². The van der Waals surface area contributed by atoms with Crippen LogP contribution in [0, 0.1) is 0 Å². The van der Waals surface area contributed by atoms with Gasteiger partial charge in [-0.05, 0) is 16.7 Å². The fourth-order valence-electron chi connectivity index (χ4n) is 6.10. The van der Waals surface area contributed by atoms with E-state index in [0.29, 0.717) is 0 Å². The maximum Gasteiger partial charge on any atom is 0.303 e. The number of carbonyl (C=O) groups is 3. The van der Waals surface area contributed by atoms with Crippen LogP contribution in [-0.4, -0.2) is 91.5 Å². The lowest BCUT2D eigenvalue weighted by atomic mass is 9.97. The summed E-state index contributed by atoms with van der Waals surface area (Å²) in [5.74, 6) is -1.82. The van der Waals surface area contributed by atoms with Crippen molar-refractivity contribution >= 4 is 17.9 Å². The Kier molecular flexibility index (Phi) is 14.7. The van der Waals surface area contributed by atoms with Crippen molar-refractivity contribution < 1.29 is 62.1 Å². The summed E-state index contributed by atoms with van der Waals surface area (Å²) in [4.78, 5) is 35.7. The predicted molar refractivity (Wildman–Crippen MR) is 183 cm³/mol. The molecule has 0 radical (unpaired) electrons. The highest BCUT2D eigenvalue weighted by Gasteiger charge is 2.49. The summed E-state index contributed by atoms with van der Waals surface area (Å²) >= 11 is 0. The van der Waals surface area contributed by atoms with Crippen LogP contribution < -0.4 is 0 Å². The number of hydrogen-bond acceptors (Lipinski definition) is 13. The Hall–Kier alpha value is -4.21. The molecule has 9 unspecified atom stereocenters. The summed E-state index contributed by atoms with van der Waals surface area (Å²) in [6.45, 7) is 3.81. The van der Waals surface area contributed by atoms with Gasteiger partial charge in [-0.2, -0.15) is 0 Å². The molecule has 0 spiro atoms. The summed E-state index contributed by atoms with van der Waals surface area (Å²) in [7, 11) is 0. The third-order valence-electron chi connectivity index (χ3n) is 8.47. The van der Waals surface area contributed by atoms with Gasteiger partial charge in [0, 0.05) is 27.2 Å². The summed E-state index contributed by atoms with van der Waals surface area (Å²) < 4.78 is 53.9. The molecule has 280 valence electrons. The van der Waals surface area contributed by atoms with Gasteiger partial charge < -0.3 is 47.7 Å². The van der Waals surface area contributed by atoms with E-state index in [-0.39, 0.29) is 39.5 Å². The number of hydrogen-bond donors (Lipinski definition) is 1. The number of aliphatic hydroxyl groups is 1. The van der Waals surface area contributed by atoms with E-state index in [1.165, 1.54) is 20.8 Å². The van der Waals surface area contributed by atoms with E-state index >= 15 is 0 Å². The maximum atomic E-state index is 12.1. The molecular weight excluding hydrogens is 676 g/mol. The Balaban J connectivity index is 1.38. The molecule has 0 aromatic heterocycles. The second kappa shape index (κ2) is 19.6. The van der Waals surface area contributed by atoms with Crippen molar-refractivity contribution in [1.82, 2.24) is 0 Å². The summed E-state index contributed by atoms with van der Waals surface area (Å²) in [6.07, 6.45) is -9.00. The van der Waals surface area contributed by atoms with Crippen LogP contribution in [0.2, 0.25) is 0 Å². The minimum atomic E-state index is -1.43. The highest BCUT2D eigenvalue weighted by Crippen LogP contribution is 2.32. The first kappa shape index (κ1) is 39.0. The number of aliphatic hydroxyl groups excluding tert-OH is 1. The number of rotatable bonds is 16. The van der Waals surface area contributed by atoms with Gasteiger partial charge in [0.2, 0.25) is 0 Å². The van der Waals surface area contributed by atoms with Gasteiger partial charge in [-0.1, -0.05) is 91.0 Å². The van der Waals surface area contributed by atoms with Crippen LogP contribution in [0.1, 0.15) is 43.9 Å². The van der Waals surface area contributed by atoms with E-state index in [2.05, 4.69) is 0 Å². The van der Waals surface area contributed by atoms with Crippen molar-refractivity contribution in [1.29, 1.82) is 0 Å². The third kappa shape index (κ3) is 11.7. The minimum Gasteiger partial charge on any atom is -0.463 e. The zero-order valence-corrected chi connectivity index (χ0v) is 29.4. The Morgan fingerprint density at radius 2 is 1.06 bits per heavy atom. The first-order valence-corrected chi connectivity index (χ1v) is 17.2. The van der Waals surface area contributed by atoms with Gasteiger partial charge in [0.1, 0.15) is 43.2 Å². The van der Waals surface area contributed by atoms with Crippen molar-refractivity contribution in [3.63, 3.8) is 0 Å². The van der Waals surface area contributed by atoms with Gasteiger partial charge in [-0.3, -0.25) is 14.4 Å². The molecular formula is C39H46O13. The third-order valence-corrected chi connectivity index (χ3v) is 8.47. The molecule has 5 rings (SSSR count). The molecule has 0 saturated carbocycles. The monoisotopic (exact) mass is 722 g/mol. The van der Waals surface area contributed by atoms with E-state index in [4.69, 9.17) is 42.6 Å². The van der Waals surface area contributed by atoms with Crippen LogP contribution in [0.4, 0.5) is 0 Å². The Morgan fingerprint density at radius 1 is 0.577 bits per heavy atom. The van der Waals surface area contributed by atoms with Gasteiger partial charge in [-0.25, -0.2) is 0 Å². The molecule has 1 N–H and O–H groups in total. The van der Waals surface area contributed by atoms with Gasteiger partial charge >= 0.3 is 17.9 Å². The van der Waals surface area contributed by atoms with E-state index in [1.54, 1.807) is 0 Å². The van der Waals surface area contributed by atoms with Gasteiger partial charge in [0.05, 0.1) is 26.4 Å². The van der Waals surface area contributed by atoms with Crippen LogP contribution in [0.5, 0.6) is 0 Å². The lowest BCUT2D eigenvalue weighted by Crippen LogP contribution is -2.61. The van der Waals surface area contributed by atoms with Crippen LogP contribution >= 0.6 is 0 Å². The molecule has 2 fully saturated rings. The van der Waals surface area contributed by atoms with Gasteiger partial charge in [-0.15, -0.1) is 0 Å². The largest absolute Gasteiger partial charge is 0.463 e. The highest BCUT2D eigenvalue weighted by atomic mass is 16.7. The predicted octanol–water partition coefficient (Wildman–Crippen LogP) is 4.02.